The van der Waals surface area contributed by atoms with E-state index in [4.69, 9.17) is 5.73 Å². The highest BCUT2D eigenvalue weighted by Gasteiger charge is 2.21. The van der Waals surface area contributed by atoms with Crippen LogP contribution in [-0.4, -0.2) is 11.5 Å². The molecule has 0 bridgehead atoms. The first-order valence-electron chi connectivity index (χ1n) is 6.64. The van der Waals surface area contributed by atoms with E-state index in [2.05, 4.69) is 4.98 Å². The molecule has 0 unspecified atom stereocenters. The van der Waals surface area contributed by atoms with E-state index in [1.807, 2.05) is 24.3 Å². The molecule has 1 aromatic heterocycles. The molecule has 0 saturated carbocycles. The zero-order chi connectivity index (χ0) is 14.1. The predicted molar refractivity (Wildman–Crippen MR) is 75.0 cm³/mol. The Morgan fingerprint density at radius 2 is 1.90 bits per heavy atom. The normalized spacial score (nSPS) is 14.8. The van der Waals surface area contributed by atoms with Crippen molar-refractivity contribution in [3.8, 4) is 0 Å². The van der Waals surface area contributed by atoms with E-state index in [1.54, 1.807) is 4.90 Å². The number of anilines is 3. The average Bonchev–Trinajstić information content (AvgIpc) is 2.65. The quantitative estimate of drug-likeness (QED) is 0.867. The van der Waals surface area contributed by atoms with Gasteiger partial charge in [-0.3, -0.25) is 0 Å². The van der Waals surface area contributed by atoms with Gasteiger partial charge >= 0.3 is 0 Å². The Kier molecular flexibility index (Phi) is 3.26. The van der Waals surface area contributed by atoms with Gasteiger partial charge in [0.2, 0.25) is 0 Å². The zero-order valence-corrected chi connectivity index (χ0v) is 10.9. The molecule has 0 atom stereocenters. The molecule has 5 heteroatoms. The van der Waals surface area contributed by atoms with Crippen molar-refractivity contribution in [2.45, 2.75) is 19.3 Å². The molecule has 1 aliphatic heterocycles. The van der Waals surface area contributed by atoms with Crippen molar-refractivity contribution in [1.29, 1.82) is 0 Å². The van der Waals surface area contributed by atoms with Gasteiger partial charge in [0.1, 0.15) is 0 Å². The number of aryl methyl sites for hydroxylation is 1. The fourth-order valence-electron chi connectivity index (χ4n) is 2.57. The van der Waals surface area contributed by atoms with Crippen molar-refractivity contribution in [2.24, 2.45) is 0 Å². The van der Waals surface area contributed by atoms with E-state index >= 15 is 0 Å². The lowest BCUT2D eigenvalue weighted by molar-refractivity contribution is 0.575. The van der Waals surface area contributed by atoms with Gasteiger partial charge in [0.25, 0.3) is 0 Å². The third-order valence-corrected chi connectivity index (χ3v) is 3.55. The number of pyridine rings is 1. The molecule has 2 aromatic rings. The van der Waals surface area contributed by atoms with E-state index in [1.165, 1.54) is 0 Å². The fraction of sp³-hybridized carbons (Fsp3) is 0.267. The standard InChI is InChI=1S/C15H15F2N3/c16-11-9-12(17)15(19-14(11)18)20-8-4-3-6-10-5-1-2-7-13(10)20/h1-2,5,7,9H,3-4,6,8H2,(H2,18,19). The van der Waals surface area contributed by atoms with Crippen molar-refractivity contribution in [3.05, 3.63) is 47.5 Å². The Balaban J connectivity index is 2.12. The molecular weight excluding hydrogens is 260 g/mol. The molecule has 3 rings (SSSR count). The molecule has 3 nitrogen and oxygen atoms in total. The molecule has 0 amide bonds. The minimum absolute atomic E-state index is 0.0956. The predicted octanol–water partition coefficient (Wildman–Crippen LogP) is 3.42. The lowest BCUT2D eigenvalue weighted by Crippen LogP contribution is -2.21. The molecule has 2 heterocycles. The van der Waals surface area contributed by atoms with Crippen LogP contribution in [0.5, 0.6) is 0 Å². The van der Waals surface area contributed by atoms with Gasteiger partial charge in [-0.05, 0) is 30.9 Å². The van der Waals surface area contributed by atoms with Crippen LogP contribution in [0.1, 0.15) is 18.4 Å². The second-order valence-electron chi connectivity index (χ2n) is 4.90. The molecule has 1 aromatic carbocycles. The van der Waals surface area contributed by atoms with E-state index in [9.17, 15) is 8.78 Å². The molecule has 0 aliphatic carbocycles. The second-order valence-corrected chi connectivity index (χ2v) is 4.90. The first-order valence-corrected chi connectivity index (χ1v) is 6.64. The third kappa shape index (κ3) is 2.19. The van der Waals surface area contributed by atoms with Crippen LogP contribution in [0.25, 0.3) is 0 Å². The average molecular weight is 275 g/mol. The number of halogens is 2. The first kappa shape index (κ1) is 12.8. The summed E-state index contributed by atoms with van der Waals surface area (Å²) < 4.78 is 27.3. The second kappa shape index (κ2) is 5.07. The largest absolute Gasteiger partial charge is 0.381 e. The van der Waals surface area contributed by atoms with Crippen LogP contribution in [0.4, 0.5) is 26.1 Å². The number of hydrogen-bond acceptors (Lipinski definition) is 3. The molecule has 0 spiro atoms. The number of nitrogen functional groups attached to an aromatic ring is 1. The van der Waals surface area contributed by atoms with Gasteiger partial charge in [0, 0.05) is 18.3 Å². The lowest BCUT2D eigenvalue weighted by atomic mass is 10.1. The number of aromatic nitrogens is 1. The molecule has 20 heavy (non-hydrogen) atoms. The van der Waals surface area contributed by atoms with Gasteiger partial charge in [-0.15, -0.1) is 0 Å². The Bertz CT molecular complexity index is 643. The summed E-state index contributed by atoms with van der Waals surface area (Å²) in [5, 5.41) is 0. The number of nitrogens with zero attached hydrogens (tertiary/aromatic N) is 2. The summed E-state index contributed by atoms with van der Waals surface area (Å²) in [5.74, 6) is -1.69. The SMILES string of the molecule is Nc1nc(N2CCCCc3ccccc32)c(F)cc1F. The minimum atomic E-state index is -0.825. The van der Waals surface area contributed by atoms with Gasteiger partial charge in [0.05, 0.1) is 0 Å². The Morgan fingerprint density at radius 1 is 1.10 bits per heavy atom. The van der Waals surface area contributed by atoms with Crippen LogP contribution in [0.15, 0.2) is 30.3 Å². The molecule has 2 N–H and O–H groups in total. The highest BCUT2D eigenvalue weighted by atomic mass is 19.1. The van der Waals surface area contributed by atoms with Crippen LogP contribution in [0.2, 0.25) is 0 Å². The molecule has 0 fully saturated rings. The molecule has 104 valence electrons. The van der Waals surface area contributed by atoms with Crippen molar-refractivity contribution in [2.75, 3.05) is 17.2 Å². The fourth-order valence-corrected chi connectivity index (χ4v) is 2.57. The Hall–Kier alpha value is -2.17. The maximum atomic E-state index is 14.0. The Morgan fingerprint density at radius 3 is 2.75 bits per heavy atom. The molecular formula is C15H15F2N3. The number of rotatable bonds is 1. The van der Waals surface area contributed by atoms with E-state index < -0.39 is 11.6 Å². The third-order valence-electron chi connectivity index (χ3n) is 3.55. The van der Waals surface area contributed by atoms with E-state index in [0.29, 0.717) is 6.54 Å². The number of nitrogens with two attached hydrogens (primary N) is 1. The van der Waals surface area contributed by atoms with Gasteiger partial charge < -0.3 is 10.6 Å². The van der Waals surface area contributed by atoms with Gasteiger partial charge in [-0.25, -0.2) is 13.8 Å². The topological polar surface area (TPSA) is 42.1 Å². The molecule has 0 saturated heterocycles. The lowest BCUT2D eigenvalue weighted by Gasteiger charge is -2.24. The smallest absolute Gasteiger partial charge is 0.171 e. The summed E-state index contributed by atoms with van der Waals surface area (Å²) >= 11 is 0. The van der Waals surface area contributed by atoms with Crippen molar-refractivity contribution in [1.82, 2.24) is 4.98 Å². The van der Waals surface area contributed by atoms with Crippen LogP contribution in [-0.2, 0) is 6.42 Å². The summed E-state index contributed by atoms with van der Waals surface area (Å²) in [4.78, 5) is 5.68. The highest BCUT2D eigenvalue weighted by molar-refractivity contribution is 5.66. The van der Waals surface area contributed by atoms with Crippen LogP contribution in [0.3, 0.4) is 0 Å². The maximum absolute atomic E-state index is 14.0. The summed E-state index contributed by atoms with van der Waals surface area (Å²) in [6.07, 6.45) is 2.91. The monoisotopic (exact) mass is 275 g/mol. The number of hydrogen-bond donors (Lipinski definition) is 1. The zero-order valence-electron chi connectivity index (χ0n) is 10.9. The molecule has 1 aliphatic rings. The number of benzene rings is 1. The number of para-hydroxylation sites is 1. The minimum Gasteiger partial charge on any atom is -0.381 e. The maximum Gasteiger partial charge on any atom is 0.171 e. The summed E-state index contributed by atoms with van der Waals surface area (Å²) in [6, 6.07) is 8.62. The van der Waals surface area contributed by atoms with Crippen LogP contribution >= 0.6 is 0 Å². The Labute approximate surface area is 116 Å². The summed E-state index contributed by atoms with van der Waals surface area (Å²) in [7, 11) is 0. The van der Waals surface area contributed by atoms with Crippen LogP contribution < -0.4 is 10.6 Å². The summed E-state index contributed by atoms with van der Waals surface area (Å²) in [6.45, 7) is 0.645. The van der Waals surface area contributed by atoms with Crippen molar-refractivity contribution >= 4 is 17.3 Å². The van der Waals surface area contributed by atoms with E-state index in [0.717, 1.165) is 36.6 Å². The van der Waals surface area contributed by atoms with Crippen molar-refractivity contribution in [3.63, 3.8) is 0 Å². The van der Waals surface area contributed by atoms with E-state index in [-0.39, 0.29) is 11.6 Å². The van der Waals surface area contributed by atoms with Gasteiger partial charge in [-0.2, -0.15) is 0 Å². The number of fused-ring (bicyclic) bond motifs is 1. The highest BCUT2D eigenvalue weighted by Crippen LogP contribution is 2.33. The van der Waals surface area contributed by atoms with Crippen LogP contribution in [0, 0.1) is 11.6 Å². The van der Waals surface area contributed by atoms with Gasteiger partial charge in [-0.1, -0.05) is 18.2 Å². The van der Waals surface area contributed by atoms with Gasteiger partial charge in [0.15, 0.2) is 23.3 Å². The summed E-state index contributed by atoms with van der Waals surface area (Å²) in [5.41, 5.74) is 7.54. The molecule has 0 radical (unpaired) electrons. The first-order chi connectivity index (χ1) is 9.66. The van der Waals surface area contributed by atoms with Crippen molar-refractivity contribution < 1.29 is 8.78 Å².